The van der Waals surface area contributed by atoms with Crippen LogP contribution in [-0.2, 0) is 4.79 Å². The van der Waals surface area contributed by atoms with Gasteiger partial charge in [0.2, 0.25) is 5.91 Å². The highest BCUT2D eigenvalue weighted by molar-refractivity contribution is 7.99. The molecule has 1 saturated heterocycles. The smallest absolute Gasteiger partial charge is 0.228 e. The summed E-state index contributed by atoms with van der Waals surface area (Å²) in [6, 6.07) is 8.66. The molecule has 0 bridgehead atoms. The average Bonchev–Trinajstić information content (AvgIpc) is 2.98. The van der Waals surface area contributed by atoms with Crippen LogP contribution in [0.25, 0.3) is 0 Å². The molecule has 0 spiro atoms. The van der Waals surface area contributed by atoms with Crippen LogP contribution in [0.1, 0.15) is 44.2 Å². The largest absolute Gasteiger partial charge is 0.349 e. The quantitative estimate of drug-likeness (QED) is 0.898. The van der Waals surface area contributed by atoms with Crippen LogP contribution in [0.3, 0.4) is 0 Å². The van der Waals surface area contributed by atoms with E-state index < -0.39 is 0 Å². The van der Waals surface area contributed by atoms with Gasteiger partial charge in [-0.3, -0.25) is 4.79 Å². The van der Waals surface area contributed by atoms with Crippen LogP contribution in [0, 0.1) is 5.41 Å². The monoisotopic (exact) mass is 304 g/mol. The minimum Gasteiger partial charge on any atom is -0.349 e. The molecule has 0 aliphatic carbocycles. The predicted octanol–water partition coefficient (Wildman–Crippen LogP) is 3.12. The summed E-state index contributed by atoms with van der Waals surface area (Å²) >= 11 is 1.90. The maximum absolute atomic E-state index is 12.9. The number of hydrogen-bond acceptors (Lipinski definition) is 3. The highest BCUT2D eigenvalue weighted by Gasteiger charge is 2.41. The number of carbonyl (C=O) groups excluding carboxylic acids is 1. The molecule has 0 saturated carbocycles. The van der Waals surface area contributed by atoms with Gasteiger partial charge in [-0.05, 0) is 37.4 Å². The summed E-state index contributed by atoms with van der Waals surface area (Å²) in [5.74, 6) is 1.34. The van der Waals surface area contributed by atoms with E-state index in [0.29, 0.717) is 0 Å². The topological polar surface area (TPSA) is 41.1 Å². The molecule has 2 unspecified atom stereocenters. The van der Waals surface area contributed by atoms with Gasteiger partial charge in [-0.15, -0.1) is 11.8 Å². The van der Waals surface area contributed by atoms with E-state index >= 15 is 0 Å². The van der Waals surface area contributed by atoms with Crippen LogP contribution < -0.4 is 10.6 Å². The van der Waals surface area contributed by atoms with Crippen molar-refractivity contribution >= 4 is 17.7 Å². The number of carbonyl (C=O) groups is 1. The first-order valence-corrected chi connectivity index (χ1v) is 8.97. The first-order valence-electron chi connectivity index (χ1n) is 7.98. The molecule has 2 N–H and O–H groups in total. The molecule has 3 nitrogen and oxygen atoms in total. The number of nitrogens with one attached hydrogen (secondary N) is 2. The molecule has 1 amide bonds. The van der Waals surface area contributed by atoms with Crippen molar-refractivity contribution in [2.75, 3.05) is 18.8 Å². The Kier molecular flexibility index (Phi) is 4.55. The van der Waals surface area contributed by atoms with Crippen molar-refractivity contribution in [3.05, 3.63) is 29.8 Å². The van der Waals surface area contributed by atoms with Crippen LogP contribution in [0.15, 0.2) is 29.2 Å². The summed E-state index contributed by atoms with van der Waals surface area (Å²) in [7, 11) is 0. The predicted molar refractivity (Wildman–Crippen MR) is 87.5 cm³/mol. The van der Waals surface area contributed by atoms with Gasteiger partial charge in [0.05, 0.1) is 11.5 Å². The third kappa shape index (κ3) is 2.97. The number of thioether (sulfide) groups is 1. The Labute approximate surface area is 131 Å². The maximum Gasteiger partial charge on any atom is 0.228 e. The summed E-state index contributed by atoms with van der Waals surface area (Å²) < 4.78 is 0. The molecular formula is C17H24N2OS. The fraction of sp³-hybridized carbons (Fsp3) is 0.588. The SMILES string of the molecule is CCCC1(C(=O)NC2CCSc3ccccc32)CCNC1. The highest BCUT2D eigenvalue weighted by Crippen LogP contribution is 2.38. The van der Waals surface area contributed by atoms with E-state index in [9.17, 15) is 4.79 Å². The molecular weight excluding hydrogens is 280 g/mol. The van der Waals surface area contributed by atoms with Gasteiger partial charge >= 0.3 is 0 Å². The number of benzene rings is 1. The molecule has 2 heterocycles. The van der Waals surface area contributed by atoms with Gasteiger partial charge in [0.15, 0.2) is 0 Å². The zero-order chi connectivity index (χ0) is 14.7. The molecule has 1 aromatic carbocycles. The molecule has 114 valence electrons. The van der Waals surface area contributed by atoms with E-state index in [1.807, 2.05) is 11.8 Å². The number of hydrogen-bond donors (Lipinski definition) is 2. The van der Waals surface area contributed by atoms with Crippen molar-refractivity contribution in [1.82, 2.24) is 10.6 Å². The van der Waals surface area contributed by atoms with Crippen molar-refractivity contribution in [3.63, 3.8) is 0 Å². The zero-order valence-corrected chi connectivity index (χ0v) is 13.5. The van der Waals surface area contributed by atoms with Gasteiger partial charge in [0.1, 0.15) is 0 Å². The summed E-state index contributed by atoms with van der Waals surface area (Å²) in [6.45, 7) is 3.96. The summed E-state index contributed by atoms with van der Waals surface area (Å²) in [5, 5.41) is 6.72. The molecule has 2 aliphatic heterocycles. The van der Waals surface area contributed by atoms with Crippen LogP contribution in [0.4, 0.5) is 0 Å². The minimum atomic E-state index is -0.186. The van der Waals surface area contributed by atoms with Gasteiger partial charge in [0, 0.05) is 17.2 Å². The van der Waals surface area contributed by atoms with E-state index in [-0.39, 0.29) is 17.4 Å². The number of amides is 1. The molecule has 2 aliphatic rings. The lowest BCUT2D eigenvalue weighted by atomic mass is 9.81. The molecule has 21 heavy (non-hydrogen) atoms. The third-order valence-electron chi connectivity index (χ3n) is 4.72. The lowest BCUT2D eigenvalue weighted by molar-refractivity contribution is -0.131. The first-order chi connectivity index (χ1) is 10.2. The van der Waals surface area contributed by atoms with E-state index in [1.165, 1.54) is 10.5 Å². The fourth-order valence-electron chi connectivity index (χ4n) is 3.55. The molecule has 0 aromatic heterocycles. The lowest BCUT2D eigenvalue weighted by Crippen LogP contribution is -2.44. The summed E-state index contributed by atoms with van der Waals surface area (Å²) in [5.41, 5.74) is 1.11. The first kappa shape index (κ1) is 14.9. The van der Waals surface area contributed by atoms with Crippen LogP contribution >= 0.6 is 11.8 Å². The van der Waals surface area contributed by atoms with Crippen molar-refractivity contribution < 1.29 is 4.79 Å². The molecule has 1 aromatic rings. The lowest BCUT2D eigenvalue weighted by Gasteiger charge is -2.32. The second-order valence-electron chi connectivity index (χ2n) is 6.16. The van der Waals surface area contributed by atoms with E-state index in [1.54, 1.807) is 0 Å². The Morgan fingerprint density at radius 1 is 1.48 bits per heavy atom. The van der Waals surface area contributed by atoms with E-state index in [2.05, 4.69) is 41.8 Å². The van der Waals surface area contributed by atoms with Crippen LogP contribution in [0.2, 0.25) is 0 Å². The second-order valence-corrected chi connectivity index (χ2v) is 7.29. The minimum absolute atomic E-state index is 0.185. The Morgan fingerprint density at radius 3 is 3.10 bits per heavy atom. The van der Waals surface area contributed by atoms with Gasteiger partial charge in [-0.1, -0.05) is 31.5 Å². The van der Waals surface area contributed by atoms with Crippen molar-refractivity contribution in [1.29, 1.82) is 0 Å². The van der Waals surface area contributed by atoms with Gasteiger partial charge in [-0.25, -0.2) is 0 Å². The van der Waals surface area contributed by atoms with E-state index in [4.69, 9.17) is 0 Å². The van der Waals surface area contributed by atoms with Crippen molar-refractivity contribution in [2.24, 2.45) is 5.41 Å². The normalized spacial score (nSPS) is 28.1. The van der Waals surface area contributed by atoms with Gasteiger partial charge < -0.3 is 10.6 Å². The molecule has 2 atom stereocenters. The highest BCUT2D eigenvalue weighted by atomic mass is 32.2. The summed E-state index contributed by atoms with van der Waals surface area (Å²) in [4.78, 5) is 14.2. The van der Waals surface area contributed by atoms with Crippen LogP contribution in [0.5, 0.6) is 0 Å². The number of rotatable bonds is 4. The number of fused-ring (bicyclic) bond motifs is 1. The third-order valence-corrected chi connectivity index (χ3v) is 5.84. The fourth-order valence-corrected chi connectivity index (χ4v) is 4.67. The second kappa shape index (κ2) is 6.41. The van der Waals surface area contributed by atoms with E-state index in [0.717, 1.165) is 44.5 Å². The Hall–Kier alpha value is -1.00. The van der Waals surface area contributed by atoms with Gasteiger partial charge in [0.25, 0.3) is 0 Å². The molecule has 3 rings (SSSR count). The Bertz CT molecular complexity index is 511. The van der Waals surface area contributed by atoms with Crippen molar-refractivity contribution in [2.45, 2.75) is 43.5 Å². The zero-order valence-electron chi connectivity index (χ0n) is 12.7. The standard InChI is InChI=1S/C17H24N2OS/c1-2-8-17(9-10-18-12-17)16(20)19-14-7-11-21-15-6-4-3-5-13(14)15/h3-6,14,18H,2,7-12H2,1H3,(H,19,20). The summed E-state index contributed by atoms with van der Waals surface area (Å²) in [6.07, 6.45) is 4.04. The molecule has 4 heteroatoms. The molecule has 0 radical (unpaired) electrons. The van der Waals surface area contributed by atoms with Crippen molar-refractivity contribution in [3.8, 4) is 0 Å². The maximum atomic E-state index is 12.9. The Balaban J connectivity index is 1.76. The van der Waals surface area contributed by atoms with Crippen LogP contribution in [-0.4, -0.2) is 24.7 Å². The van der Waals surface area contributed by atoms with Gasteiger partial charge in [-0.2, -0.15) is 0 Å². The average molecular weight is 304 g/mol. The Morgan fingerprint density at radius 2 is 2.33 bits per heavy atom. The molecule has 1 fully saturated rings.